The predicted molar refractivity (Wildman–Crippen MR) is 90.5 cm³/mol. The van der Waals surface area contributed by atoms with Crippen LogP contribution < -0.4 is 0 Å². The zero-order valence-corrected chi connectivity index (χ0v) is 14.3. The molecule has 2 aromatic rings. The van der Waals surface area contributed by atoms with Crippen LogP contribution in [0.15, 0.2) is 53.4 Å². The monoisotopic (exact) mass is 360 g/mol. The number of rotatable bonds is 4. The number of aryl methyl sites for hydroxylation is 1. The molecule has 1 fully saturated rings. The van der Waals surface area contributed by atoms with Crippen LogP contribution in [0.1, 0.15) is 23.5 Å². The molecule has 7 nitrogen and oxygen atoms in total. The molecule has 0 spiro atoms. The summed E-state index contributed by atoms with van der Waals surface area (Å²) < 4.78 is 26.3. The third-order valence-electron chi connectivity index (χ3n) is 4.27. The molecule has 3 rings (SSSR count). The molecule has 0 radical (unpaired) electrons. The molecule has 0 bridgehead atoms. The van der Waals surface area contributed by atoms with E-state index < -0.39 is 20.9 Å². The predicted octanol–water partition coefficient (Wildman–Crippen LogP) is 2.61. The first-order chi connectivity index (χ1) is 11.8. The van der Waals surface area contributed by atoms with Crippen molar-refractivity contribution in [3.63, 3.8) is 0 Å². The maximum atomic E-state index is 12.7. The van der Waals surface area contributed by atoms with Crippen LogP contribution in [0.4, 0.5) is 5.69 Å². The molecule has 2 aromatic carbocycles. The number of nitro benzene ring substituents is 1. The molecule has 25 heavy (non-hydrogen) atoms. The van der Waals surface area contributed by atoms with Gasteiger partial charge in [0.15, 0.2) is 0 Å². The summed E-state index contributed by atoms with van der Waals surface area (Å²) in [6.45, 7) is 1.88. The van der Waals surface area contributed by atoms with Gasteiger partial charge in [-0.15, -0.1) is 0 Å². The molecule has 1 aliphatic rings. The lowest BCUT2D eigenvalue weighted by Crippen LogP contribution is -2.32. The Labute approximate surface area is 145 Å². The number of benzene rings is 2. The van der Waals surface area contributed by atoms with Crippen LogP contribution in [-0.4, -0.2) is 30.1 Å². The smallest absolute Gasteiger partial charge is 0.269 e. The van der Waals surface area contributed by atoms with E-state index in [9.17, 15) is 23.3 Å². The van der Waals surface area contributed by atoms with Gasteiger partial charge in [-0.25, -0.2) is 12.7 Å². The Morgan fingerprint density at radius 1 is 1.08 bits per heavy atom. The van der Waals surface area contributed by atoms with Gasteiger partial charge < -0.3 is 0 Å². The minimum atomic E-state index is -3.89. The van der Waals surface area contributed by atoms with Crippen molar-refractivity contribution in [2.45, 2.75) is 24.2 Å². The standard InChI is InChI=1S/C17H16N2O5S/c1-12-2-8-16(9-3-12)25(23,24)18-11-14(10-17(18)20)13-4-6-15(7-5-13)19(21)22/h2-9,14H,10-11H2,1H3/t14-/m0/s1. The highest BCUT2D eigenvalue weighted by Crippen LogP contribution is 2.32. The fourth-order valence-electron chi connectivity index (χ4n) is 2.84. The lowest BCUT2D eigenvalue weighted by atomic mass is 9.98. The Bertz CT molecular complexity index is 921. The summed E-state index contributed by atoms with van der Waals surface area (Å²) in [5, 5.41) is 10.7. The van der Waals surface area contributed by atoms with Gasteiger partial charge in [0, 0.05) is 31.0 Å². The lowest BCUT2D eigenvalue weighted by Gasteiger charge is -2.17. The van der Waals surface area contributed by atoms with Gasteiger partial charge in [0.2, 0.25) is 5.91 Å². The maximum absolute atomic E-state index is 12.7. The zero-order valence-electron chi connectivity index (χ0n) is 13.5. The highest BCUT2D eigenvalue weighted by Gasteiger charge is 2.38. The van der Waals surface area contributed by atoms with Gasteiger partial charge in [-0.2, -0.15) is 0 Å². The normalized spacial score (nSPS) is 17.7. The molecule has 130 valence electrons. The third-order valence-corrected chi connectivity index (χ3v) is 6.07. The second kappa shape index (κ2) is 6.29. The molecular formula is C17H16N2O5S. The minimum absolute atomic E-state index is 0.0346. The summed E-state index contributed by atoms with van der Waals surface area (Å²) in [6.07, 6.45) is 0.0584. The summed E-state index contributed by atoms with van der Waals surface area (Å²) in [5.41, 5.74) is 1.59. The molecule has 0 saturated carbocycles. The number of amides is 1. The van der Waals surface area contributed by atoms with Crippen molar-refractivity contribution in [3.8, 4) is 0 Å². The number of nitrogens with zero attached hydrogens (tertiary/aromatic N) is 2. The fraction of sp³-hybridized carbons (Fsp3) is 0.235. The van der Waals surface area contributed by atoms with Gasteiger partial charge in [0.05, 0.1) is 9.82 Å². The van der Waals surface area contributed by atoms with E-state index >= 15 is 0 Å². The number of carbonyl (C=O) groups is 1. The first-order valence-electron chi connectivity index (χ1n) is 7.65. The van der Waals surface area contributed by atoms with Crippen LogP contribution in [0, 0.1) is 17.0 Å². The van der Waals surface area contributed by atoms with Crippen LogP contribution in [-0.2, 0) is 14.8 Å². The molecule has 0 N–H and O–H groups in total. The number of sulfonamides is 1. The Morgan fingerprint density at radius 2 is 1.68 bits per heavy atom. The topological polar surface area (TPSA) is 97.6 Å². The molecule has 1 heterocycles. The van der Waals surface area contributed by atoms with Gasteiger partial charge in [-0.05, 0) is 24.6 Å². The van der Waals surface area contributed by atoms with E-state index in [0.29, 0.717) is 5.56 Å². The summed E-state index contributed by atoms with van der Waals surface area (Å²) in [5.74, 6) is -0.780. The molecular weight excluding hydrogens is 344 g/mol. The zero-order chi connectivity index (χ0) is 18.2. The second-order valence-corrected chi connectivity index (χ2v) is 7.85. The van der Waals surface area contributed by atoms with Crippen LogP contribution >= 0.6 is 0 Å². The molecule has 0 aromatic heterocycles. The van der Waals surface area contributed by atoms with Gasteiger partial charge in [-0.3, -0.25) is 14.9 Å². The quantitative estimate of drug-likeness (QED) is 0.616. The highest BCUT2D eigenvalue weighted by molar-refractivity contribution is 7.89. The molecule has 8 heteroatoms. The van der Waals surface area contributed by atoms with Crippen molar-refractivity contribution in [3.05, 3.63) is 69.8 Å². The van der Waals surface area contributed by atoms with Crippen LogP contribution in [0.5, 0.6) is 0 Å². The second-order valence-electron chi connectivity index (χ2n) is 5.99. The van der Waals surface area contributed by atoms with E-state index in [-0.39, 0.29) is 29.5 Å². The van der Waals surface area contributed by atoms with Crippen LogP contribution in [0.3, 0.4) is 0 Å². The lowest BCUT2D eigenvalue weighted by molar-refractivity contribution is -0.384. The number of hydrogen-bond acceptors (Lipinski definition) is 5. The van der Waals surface area contributed by atoms with E-state index in [1.165, 1.54) is 24.3 Å². The van der Waals surface area contributed by atoms with Crippen molar-refractivity contribution >= 4 is 21.6 Å². The fourth-order valence-corrected chi connectivity index (χ4v) is 4.29. The Balaban J connectivity index is 1.84. The minimum Gasteiger partial charge on any atom is -0.274 e. The molecule has 1 saturated heterocycles. The molecule has 0 aliphatic carbocycles. The largest absolute Gasteiger partial charge is 0.274 e. The van der Waals surface area contributed by atoms with Gasteiger partial charge in [0.25, 0.3) is 15.7 Å². The number of hydrogen-bond donors (Lipinski definition) is 0. The average Bonchev–Trinajstić information content (AvgIpc) is 2.98. The first kappa shape index (κ1) is 17.1. The van der Waals surface area contributed by atoms with E-state index in [1.807, 2.05) is 6.92 Å². The Morgan fingerprint density at radius 3 is 2.24 bits per heavy atom. The third kappa shape index (κ3) is 3.25. The summed E-state index contributed by atoms with van der Waals surface area (Å²) in [7, 11) is -3.89. The number of nitro groups is 1. The molecule has 0 unspecified atom stereocenters. The van der Waals surface area contributed by atoms with E-state index in [2.05, 4.69) is 0 Å². The SMILES string of the molecule is Cc1ccc(S(=O)(=O)N2C[C@@H](c3ccc([N+](=O)[O-])cc3)CC2=O)cc1. The van der Waals surface area contributed by atoms with Crippen molar-refractivity contribution in [2.75, 3.05) is 6.54 Å². The number of carbonyl (C=O) groups excluding carboxylic acids is 1. The van der Waals surface area contributed by atoms with Gasteiger partial charge >= 0.3 is 0 Å². The molecule has 1 atom stereocenters. The van der Waals surface area contributed by atoms with Crippen LogP contribution in [0.25, 0.3) is 0 Å². The maximum Gasteiger partial charge on any atom is 0.269 e. The van der Waals surface area contributed by atoms with Crippen molar-refractivity contribution in [1.29, 1.82) is 0 Å². The van der Waals surface area contributed by atoms with Crippen molar-refractivity contribution < 1.29 is 18.1 Å². The average molecular weight is 360 g/mol. The Kier molecular flexibility index (Phi) is 4.30. The van der Waals surface area contributed by atoms with E-state index in [4.69, 9.17) is 0 Å². The summed E-state index contributed by atoms with van der Waals surface area (Å²) in [4.78, 5) is 22.5. The first-order valence-corrected chi connectivity index (χ1v) is 9.09. The van der Waals surface area contributed by atoms with Crippen LogP contribution in [0.2, 0.25) is 0 Å². The van der Waals surface area contributed by atoms with Gasteiger partial charge in [0.1, 0.15) is 0 Å². The number of non-ortho nitro benzene ring substituents is 1. The summed E-state index contributed by atoms with van der Waals surface area (Å²) in [6, 6.07) is 12.2. The van der Waals surface area contributed by atoms with E-state index in [1.54, 1.807) is 24.3 Å². The Hall–Kier alpha value is -2.74. The van der Waals surface area contributed by atoms with Crippen molar-refractivity contribution in [1.82, 2.24) is 4.31 Å². The molecule has 1 aliphatic heterocycles. The highest BCUT2D eigenvalue weighted by atomic mass is 32.2. The molecule has 1 amide bonds. The van der Waals surface area contributed by atoms with Gasteiger partial charge in [-0.1, -0.05) is 29.8 Å². The van der Waals surface area contributed by atoms with E-state index in [0.717, 1.165) is 9.87 Å². The van der Waals surface area contributed by atoms with Crippen molar-refractivity contribution in [2.24, 2.45) is 0 Å². The summed E-state index contributed by atoms with van der Waals surface area (Å²) >= 11 is 0.